The van der Waals surface area contributed by atoms with Crippen LogP contribution in [-0.4, -0.2) is 5.78 Å². The van der Waals surface area contributed by atoms with Crippen molar-refractivity contribution < 1.29 is 4.79 Å². The van der Waals surface area contributed by atoms with Crippen LogP contribution >= 0.6 is 0 Å². The van der Waals surface area contributed by atoms with E-state index in [0.29, 0.717) is 0 Å². The van der Waals surface area contributed by atoms with Gasteiger partial charge in [-0.3, -0.25) is 4.79 Å². The minimum atomic E-state index is 0.114. The third-order valence-electron chi connectivity index (χ3n) is 5.80. The predicted octanol–water partition coefficient (Wildman–Crippen LogP) is 6.87. The van der Waals surface area contributed by atoms with Crippen LogP contribution in [0.5, 0.6) is 0 Å². The lowest BCUT2D eigenvalue weighted by atomic mass is 9.77. The molecule has 0 N–H and O–H groups in total. The molecule has 0 fully saturated rings. The summed E-state index contributed by atoms with van der Waals surface area (Å²) in [5.74, 6) is 0.114. The van der Waals surface area contributed by atoms with Gasteiger partial charge in [0.25, 0.3) is 0 Å². The first-order valence-corrected chi connectivity index (χ1v) is 9.51. The second-order valence-electron chi connectivity index (χ2n) is 7.26. The van der Waals surface area contributed by atoms with Crippen molar-refractivity contribution in [2.24, 2.45) is 0 Å². The molecular formula is C27H16O. The van der Waals surface area contributed by atoms with Gasteiger partial charge in [-0.1, -0.05) is 97.1 Å². The van der Waals surface area contributed by atoms with Crippen LogP contribution in [0.15, 0.2) is 97.1 Å². The minimum Gasteiger partial charge on any atom is -0.289 e. The Morgan fingerprint density at radius 2 is 1.04 bits per heavy atom. The Morgan fingerprint density at radius 1 is 0.429 bits per heavy atom. The summed E-state index contributed by atoms with van der Waals surface area (Å²) in [6.07, 6.45) is 0. The lowest BCUT2D eigenvalue weighted by Gasteiger charge is -2.25. The number of benzene rings is 5. The Morgan fingerprint density at radius 3 is 1.86 bits per heavy atom. The van der Waals surface area contributed by atoms with Crippen molar-refractivity contribution in [2.45, 2.75) is 0 Å². The van der Waals surface area contributed by atoms with Gasteiger partial charge in [0.15, 0.2) is 5.78 Å². The fourth-order valence-electron chi connectivity index (χ4n) is 4.65. The quantitative estimate of drug-likeness (QED) is 0.294. The van der Waals surface area contributed by atoms with Gasteiger partial charge in [-0.2, -0.15) is 0 Å². The Labute approximate surface area is 162 Å². The molecule has 6 rings (SSSR count). The molecule has 130 valence electrons. The molecule has 0 aliphatic heterocycles. The summed E-state index contributed by atoms with van der Waals surface area (Å²) in [6, 6.07) is 33.1. The van der Waals surface area contributed by atoms with Gasteiger partial charge in [0.1, 0.15) is 0 Å². The molecule has 0 saturated carbocycles. The van der Waals surface area contributed by atoms with Crippen molar-refractivity contribution >= 4 is 27.3 Å². The maximum Gasteiger partial charge on any atom is 0.194 e. The third-order valence-corrected chi connectivity index (χ3v) is 5.80. The van der Waals surface area contributed by atoms with E-state index in [2.05, 4.69) is 60.7 Å². The molecule has 0 spiro atoms. The first-order valence-electron chi connectivity index (χ1n) is 9.51. The van der Waals surface area contributed by atoms with Gasteiger partial charge in [0.2, 0.25) is 0 Å². The molecule has 0 saturated heterocycles. The Balaban J connectivity index is 1.96. The van der Waals surface area contributed by atoms with Gasteiger partial charge >= 0.3 is 0 Å². The first-order chi connectivity index (χ1) is 13.8. The Hall–Kier alpha value is -3.71. The average Bonchev–Trinajstić information content (AvgIpc) is 2.77. The maximum absolute atomic E-state index is 13.3. The van der Waals surface area contributed by atoms with Gasteiger partial charge in [-0.25, -0.2) is 0 Å². The second-order valence-corrected chi connectivity index (χ2v) is 7.26. The molecule has 1 aliphatic carbocycles. The third kappa shape index (κ3) is 1.93. The normalized spacial score (nSPS) is 12.4. The predicted molar refractivity (Wildman–Crippen MR) is 116 cm³/mol. The first kappa shape index (κ1) is 15.4. The monoisotopic (exact) mass is 356 g/mol. The molecule has 0 aromatic heterocycles. The molecule has 1 aliphatic rings. The minimum absolute atomic E-state index is 0.114. The molecule has 0 radical (unpaired) electrons. The Bertz CT molecular complexity index is 1410. The van der Waals surface area contributed by atoms with E-state index in [1.165, 1.54) is 27.5 Å². The molecule has 1 heteroatoms. The van der Waals surface area contributed by atoms with E-state index in [1.807, 2.05) is 36.4 Å². The standard InChI is InChI=1S/C27H16O/c28-27-22-14-7-6-13-21(22)26-24(17-9-2-1-3-10-17)19-12-5-4-11-18(19)20-15-8-16-23(27)25(20)26/h1-16H. The zero-order valence-corrected chi connectivity index (χ0v) is 15.1. The zero-order valence-electron chi connectivity index (χ0n) is 15.1. The van der Waals surface area contributed by atoms with Crippen LogP contribution in [0.2, 0.25) is 0 Å². The van der Waals surface area contributed by atoms with Crippen LogP contribution < -0.4 is 0 Å². The maximum atomic E-state index is 13.3. The summed E-state index contributed by atoms with van der Waals surface area (Å²) in [4.78, 5) is 13.3. The Kier molecular flexibility index (Phi) is 3.09. The number of carbonyl (C=O) groups excluding carboxylic acids is 1. The van der Waals surface area contributed by atoms with Crippen molar-refractivity contribution in [3.8, 4) is 22.3 Å². The molecule has 0 unspecified atom stereocenters. The summed E-state index contributed by atoms with van der Waals surface area (Å²) in [7, 11) is 0. The summed E-state index contributed by atoms with van der Waals surface area (Å²) in [5.41, 5.74) is 6.17. The van der Waals surface area contributed by atoms with Gasteiger partial charge in [0, 0.05) is 16.5 Å². The van der Waals surface area contributed by atoms with Crippen LogP contribution in [0.25, 0.3) is 43.8 Å². The number of fused-ring (bicyclic) bond motifs is 4. The second kappa shape index (κ2) is 5.64. The summed E-state index contributed by atoms with van der Waals surface area (Å²) in [5, 5.41) is 4.63. The van der Waals surface area contributed by atoms with E-state index in [0.717, 1.165) is 27.5 Å². The van der Waals surface area contributed by atoms with Crippen molar-refractivity contribution in [3.05, 3.63) is 108 Å². The molecule has 0 heterocycles. The highest BCUT2D eigenvalue weighted by Crippen LogP contribution is 2.48. The average molecular weight is 356 g/mol. The summed E-state index contributed by atoms with van der Waals surface area (Å²) >= 11 is 0. The van der Waals surface area contributed by atoms with Crippen LogP contribution in [-0.2, 0) is 0 Å². The van der Waals surface area contributed by atoms with Crippen LogP contribution in [0, 0.1) is 0 Å². The number of carbonyl (C=O) groups is 1. The number of hydrogen-bond acceptors (Lipinski definition) is 1. The number of rotatable bonds is 1. The molecule has 5 aromatic rings. The van der Waals surface area contributed by atoms with Crippen molar-refractivity contribution in [1.82, 2.24) is 0 Å². The zero-order chi connectivity index (χ0) is 18.7. The van der Waals surface area contributed by atoms with Crippen molar-refractivity contribution in [2.75, 3.05) is 0 Å². The van der Waals surface area contributed by atoms with Gasteiger partial charge in [-0.05, 0) is 38.4 Å². The highest BCUT2D eigenvalue weighted by atomic mass is 16.1. The van der Waals surface area contributed by atoms with E-state index < -0.39 is 0 Å². The van der Waals surface area contributed by atoms with Gasteiger partial charge in [0.05, 0.1) is 0 Å². The summed E-state index contributed by atoms with van der Waals surface area (Å²) < 4.78 is 0. The van der Waals surface area contributed by atoms with E-state index >= 15 is 0 Å². The van der Waals surface area contributed by atoms with Crippen molar-refractivity contribution in [3.63, 3.8) is 0 Å². The highest BCUT2D eigenvalue weighted by molar-refractivity contribution is 6.32. The molecule has 0 atom stereocenters. The van der Waals surface area contributed by atoms with Crippen LogP contribution in [0.4, 0.5) is 0 Å². The molecule has 0 amide bonds. The molecular weight excluding hydrogens is 340 g/mol. The van der Waals surface area contributed by atoms with E-state index in [1.54, 1.807) is 0 Å². The number of hydrogen-bond donors (Lipinski definition) is 0. The molecule has 28 heavy (non-hydrogen) atoms. The fraction of sp³-hybridized carbons (Fsp3) is 0. The lowest BCUT2D eigenvalue weighted by Crippen LogP contribution is -2.10. The summed E-state index contributed by atoms with van der Waals surface area (Å²) in [6.45, 7) is 0. The SMILES string of the molecule is O=C1c2ccccc2-c2c(-c3ccccc3)c3ccccc3c3cccc1c23. The molecule has 5 aromatic carbocycles. The van der Waals surface area contributed by atoms with Crippen molar-refractivity contribution in [1.29, 1.82) is 0 Å². The molecule has 0 bridgehead atoms. The topological polar surface area (TPSA) is 17.1 Å². The van der Waals surface area contributed by atoms with E-state index in [-0.39, 0.29) is 5.78 Å². The van der Waals surface area contributed by atoms with Crippen LogP contribution in [0.3, 0.4) is 0 Å². The van der Waals surface area contributed by atoms with Crippen LogP contribution in [0.1, 0.15) is 15.9 Å². The smallest absolute Gasteiger partial charge is 0.194 e. The van der Waals surface area contributed by atoms with E-state index in [4.69, 9.17) is 0 Å². The largest absolute Gasteiger partial charge is 0.289 e. The molecule has 1 nitrogen and oxygen atoms in total. The highest BCUT2D eigenvalue weighted by Gasteiger charge is 2.28. The number of ketones is 1. The van der Waals surface area contributed by atoms with E-state index in [9.17, 15) is 4.79 Å². The fourth-order valence-corrected chi connectivity index (χ4v) is 4.65. The van der Waals surface area contributed by atoms with Gasteiger partial charge in [-0.15, -0.1) is 0 Å². The van der Waals surface area contributed by atoms with Gasteiger partial charge < -0.3 is 0 Å². The lowest BCUT2D eigenvalue weighted by molar-refractivity contribution is 0.104.